The Labute approximate surface area is 144 Å². The highest BCUT2D eigenvalue weighted by molar-refractivity contribution is 5.76. The van der Waals surface area contributed by atoms with Gasteiger partial charge in [-0.25, -0.2) is 14.3 Å². The van der Waals surface area contributed by atoms with Gasteiger partial charge in [-0.2, -0.15) is 5.10 Å². The van der Waals surface area contributed by atoms with Crippen LogP contribution in [0.15, 0.2) is 35.5 Å². The van der Waals surface area contributed by atoms with E-state index in [4.69, 9.17) is 4.63 Å². The van der Waals surface area contributed by atoms with E-state index in [1.807, 2.05) is 16.8 Å². The van der Waals surface area contributed by atoms with Crippen molar-refractivity contribution in [3.05, 3.63) is 36.4 Å². The lowest BCUT2D eigenvalue weighted by molar-refractivity contribution is 0.0304. The van der Waals surface area contributed by atoms with Crippen LogP contribution < -0.4 is 0 Å². The third-order valence-corrected chi connectivity index (χ3v) is 5.72. The van der Waals surface area contributed by atoms with E-state index < -0.39 is 0 Å². The number of benzene rings is 1. The number of aliphatic hydroxyl groups is 1. The Morgan fingerprint density at radius 3 is 2.88 bits per heavy atom. The zero-order chi connectivity index (χ0) is 16.8. The zero-order valence-electron chi connectivity index (χ0n) is 13.8. The van der Waals surface area contributed by atoms with Gasteiger partial charge in [0.15, 0.2) is 0 Å². The minimum absolute atomic E-state index is 0.0341. The van der Waals surface area contributed by atoms with Crippen molar-refractivity contribution >= 4 is 11.0 Å². The van der Waals surface area contributed by atoms with Gasteiger partial charge >= 0.3 is 0 Å². The predicted molar refractivity (Wildman–Crippen MR) is 88.4 cm³/mol. The van der Waals surface area contributed by atoms with Crippen molar-refractivity contribution in [2.24, 2.45) is 11.8 Å². The SMILES string of the molecule is O[C@@H]1C[C@H]2CN(Cc3cccc4nonc34)C[C@H]2C[C@H]1n1cncn1. The molecule has 0 unspecified atom stereocenters. The van der Waals surface area contributed by atoms with Crippen LogP contribution in [-0.2, 0) is 6.54 Å². The molecule has 1 saturated carbocycles. The number of rotatable bonds is 3. The minimum Gasteiger partial charge on any atom is -0.391 e. The van der Waals surface area contributed by atoms with Crippen molar-refractivity contribution in [1.82, 2.24) is 30.0 Å². The van der Waals surface area contributed by atoms with Crippen LogP contribution in [0.2, 0.25) is 0 Å². The highest BCUT2D eigenvalue weighted by atomic mass is 16.6. The van der Waals surface area contributed by atoms with E-state index >= 15 is 0 Å². The molecule has 1 N–H and O–H groups in total. The Morgan fingerprint density at radius 2 is 2.04 bits per heavy atom. The Morgan fingerprint density at radius 1 is 1.16 bits per heavy atom. The molecule has 25 heavy (non-hydrogen) atoms. The second-order valence-electron chi connectivity index (χ2n) is 7.24. The number of aliphatic hydroxyl groups excluding tert-OH is 1. The number of fused-ring (bicyclic) bond motifs is 2. The molecule has 5 rings (SSSR count). The van der Waals surface area contributed by atoms with Crippen LogP contribution in [0.4, 0.5) is 0 Å². The molecule has 1 aromatic carbocycles. The molecule has 2 fully saturated rings. The van der Waals surface area contributed by atoms with E-state index in [0.717, 1.165) is 49.1 Å². The Kier molecular flexibility index (Phi) is 3.53. The van der Waals surface area contributed by atoms with Gasteiger partial charge in [0.2, 0.25) is 0 Å². The van der Waals surface area contributed by atoms with E-state index in [1.165, 1.54) is 6.33 Å². The Balaban J connectivity index is 1.32. The van der Waals surface area contributed by atoms with Gasteiger partial charge in [-0.1, -0.05) is 12.1 Å². The van der Waals surface area contributed by atoms with Crippen molar-refractivity contribution in [2.45, 2.75) is 31.5 Å². The number of aromatic nitrogens is 5. The maximum Gasteiger partial charge on any atom is 0.139 e. The van der Waals surface area contributed by atoms with Crippen molar-refractivity contribution in [2.75, 3.05) is 13.1 Å². The fraction of sp³-hybridized carbons (Fsp3) is 0.529. The van der Waals surface area contributed by atoms with Crippen LogP contribution in [0.25, 0.3) is 11.0 Å². The molecule has 0 radical (unpaired) electrons. The van der Waals surface area contributed by atoms with Crippen molar-refractivity contribution in [3.8, 4) is 0 Å². The predicted octanol–water partition coefficient (Wildman–Crippen LogP) is 1.26. The summed E-state index contributed by atoms with van der Waals surface area (Å²) in [4.78, 5) is 6.47. The smallest absolute Gasteiger partial charge is 0.139 e. The van der Waals surface area contributed by atoms with Gasteiger partial charge in [-0.15, -0.1) is 0 Å². The van der Waals surface area contributed by atoms with E-state index in [1.54, 1.807) is 6.33 Å². The zero-order valence-corrected chi connectivity index (χ0v) is 13.8. The molecule has 0 amide bonds. The van der Waals surface area contributed by atoms with Crippen molar-refractivity contribution in [1.29, 1.82) is 0 Å². The first kappa shape index (κ1) is 15.0. The summed E-state index contributed by atoms with van der Waals surface area (Å²) in [6, 6.07) is 6.03. The molecule has 1 aliphatic carbocycles. The molecular weight excluding hydrogens is 320 g/mol. The first-order valence-corrected chi connectivity index (χ1v) is 8.72. The molecule has 2 aromatic heterocycles. The fourth-order valence-corrected chi connectivity index (χ4v) is 4.54. The molecule has 3 heterocycles. The second kappa shape index (κ2) is 5.89. The Bertz CT molecular complexity index is 863. The number of hydrogen-bond acceptors (Lipinski definition) is 7. The normalized spacial score (nSPS) is 30.0. The second-order valence-corrected chi connectivity index (χ2v) is 7.24. The molecular formula is C17H20N6O2. The van der Waals surface area contributed by atoms with Crippen LogP contribution in [0, 0.1) is 11.8 Å². The molecule has 3 aromatic rings. The van der Waals surface area contributed by atoms with Gasteiger partial charge in [0.25, 0.3) is 0 Å². The number of nitrogens with zero attached hydrogens (tertiary/aromatic N) is 6. The molecule has 1 saturated heterocycles. The maximum absolute atomic E-state index is 10.5. The summed E-state index contributed by atoms with van der Waals surface area (Å²) in [6.07, 6.45) is 4.65. The summed E-state index contributed by atoms with van der Waals surface area (Å²) in [5, 5.41) is 22.7. The summed E-state index contributed by atoms with van der Waals surface area (Å²) >= 11 is 0. The average molecular weight is 340 g/mol. The first-order chi connectivity index (χ1) is 12.3. The minimum atomic E-state index is -0.355. The standard InChI is InChI=1S/C17H20N6O2/c24-16-5-13-8-22(6-11-2-1-3-14-17(11)21-25-20-14)7-12(13)4-15(16)23-10-18-9-19-23/h1-3,9-10,12-13,15-16,24H,4-8H2/t12-,13+,15-,16-/m1/s1. The molecule has 4 atom stereocenters. The monoisotopic (exact) mass is 340 g/mol. The van der Waals surface area contributed by atoms with Gasteiger partial charge in [0.05, 0.1) is 12.1 Å². The third-order valence-electron chi connectivity index (χ3n) is 5.72. The van der Waals surface area contributed by atoms with Crippen LogP contribution >= 0.6 is 0 Å². The summed E-state index contributed by atoms with van der Waals surface area (Å²) in [5.74, 6) is 1.11. The van der Waals surface area contributed by atoms with Crippen LogP contribution in [-0.4, -0.2) is 54.3 Å². The highest BCUT2D eigenvalue weighted by Crippen LogP contribution is 2.41. The molecule has 130 valence electrons. The van der Waals surface area contributed by atoms with Gasteiger partial charge in [-0.05, 0) is 46.6 Å². The van der Waals surface area contributed by atoms with E-state index in [-0.39, 0.29) is 12.1 Å². The maximum atomic E-state index is 10.5. The largest absolute Gasteiger partial charge is 0.391 e. The van der Waals surface area contributed by atoms with Crippen molar-refractivity contribution < 1.29 is 9.74 Å². The molecule has 2 aliphatic rings. The van der Waals surface area contributed by atoms with Crippen LogP contribution in [0.1, 0.15) is 24.4 Å². The van der Waals surface area contributed by atoms with Gasteiger partial charge < -0.3 is 5.11 Å². The lowest BCUT2D eigenvalue weighted by Crippen LogP contribution is -2.36. The van der Waals surface area contributed by atoms with E-state index in [9.17, 15) is 5.11 Å². The van der Waals surface area contributed by atoms with E-state index in [2.05, 4.69) is 31.4 Å². The lowest BCUT2D eigenvalue weighted by atomic mass is 9.77. The number of likely N-dealkylation sites (tertiary alicyclic amines) is 1. The van der Waals surface area contributed by atoms with Crippen LogP contribution in [0.3, 0.4) is 0 Å². The third kappa shape index (κ3) is 2.61. The molecule has 8 nitrogen and oxygen atoms in total. The molecule has 0 spiro atoms. The first-order valence-electron chi connectivity index (χ1n) is 8.72. The highest BCUT2D eigenvalue weighted by Gasteiger charge is 2.42. The summed E-state index contributed by atoms with van der Waals surface area (Å²) < 4.78 is 6.68. The molecule has 0 bridgehead atoms. The van der Waals surface area contributed by atoms with Crippen LogP contribution in [0.5, 0.6) is 0 Å². The van der Waals surface area contributed by atoms with E-state index in [0.29, 0.717) is 11.8 Å². The molecule has 1 aliphatic heterocycles. The summed E-state index contributed by atoms with van der Waals surface area (Å²) in [6.45, 7) is 2.88. The molecule has 8 heteroatoms. The van der Waals surface area contributed by atoms with Crippen molar-refractivity contribution in [3.63, 3.8) is 0 Å². The number of hydrogen-bond donors (Lipinski definition) is 1. The average Bonchev–Trinajstić information content (AvgIpc) is 3.34. The quantitative estimate of drug-likeness (QED) is 0.767. The summed E-state index contributed by atoms with van der Waals surface area (Å²) in [7, 11) is 0. The summed E-state index contributed by atoms with van der Waals surface area (Å²) in [5.41, 5.74) is 2.79. The topological polar surface area (TPSA) is 93.1 Å². The van der Waals surface area contributed by atoms with Gasteiger partial charge in [0, 0.05) is 19.6 Å². The van der Waals surface area contributed by atoms with Gasteiger partial charge in [0.1, 0.15) is 23.7 Å². The lowest BCUT2D eigenvalue weighted by Gasteiger charge is -2.35. The van der Waals surface area contributed by atoms with Gasteiger partial charge in [-0.3, -0.25) is 4.90 Å². The Hall–Kier alpha value is -2.32. The fourth-order valence-electron chi connectivity index (χ4n) is 4.54.